The third kappa shape index (κ3) is 327. The van der Waals surface area contributed by atoms with Crippen LogP contribution < -0.4 is 10.2 Å². The van der Waals surface area contributed by atoms with E-state index in [1.54, 1.807) is 0 Å². The molecule has 0 unspecified atom stereocenters. The van der Waals surface area contributed by atoms with Gasteiger partial charge in [0.15, 0.2) is 0 Å². The Morgan fingerprint density at radius 2 is 1.10 bits per heavy atom. The van der Waals surface area contributed by atoms with Gasteiger partial charge >= 0.3 is 91.0 Å². The topological polar surface area (TPSA) is 129 Å². The molecule has 0 aliphatic heterocycles. The van der Waals surface area contributed by atoms with Gasteiger partial charge in [0, 0.05) is 0 Å². The van der Waals surface area contributed by atoms with E-state index in [1.807, 2.05) is 0 Å². The predicted molar refractivity (Wildman–Crippen MR) is 27.3 cm³/mol. The van der Waals surface area contributed by atoms with Gasteiger partial charge in [0.05, 0.1) is 5.09 Å². The number of nitrogens with zero attached hydrogens (tertiary/aromatic N) is 1. The van der Waals surface area contributed by atoms with Gasteiger partial charge in [-0.05, 0) is 6.16 Å². The molecule has 0 saturated carbocycles. The SMILES string of the molecule is O=C([O-])[O-].O=[N+]([O-])[O-].[Sr+2].[Sr+2]. The molecule has 7 nitrogen and oxygen atoms in total. The van der Waals surface area contributed by atoms with Crippen molar-refractivity contribution in [2.75, 3.05) is 0 Å². The summed E-state index contributed by atoms with van der Waals surface area (Å²) in [6, 6.07) is 0. The van der Waals surface area contributed by atoms with Crippen molar-refractivity contribution >= 4 is 97.1 Å². The van der Waals surface area contributed by atoms with Crippen LogP contribution in [0.2, 0.25) is 0 Å². The van der Waals surface area contributed by atoms with Crippen molar-refractivity contribution in [1.82, 2.24) is 0 Å². The van der Waals surface area contributed by atoms with Crippen molar-refractivity contribution in [2.45, 2.75) is 0 Å². The van der Waals surface area contributed by atoms with E-state index in [1.165, 1.54) is 0 Å². The Morgan fingerprint density at radius 1 is 1.10 bits per heavy atom. The van der Waals surface area contributed by atoms with E-state index in [9.17, 15) is 0 Å². The second kappa shape index (κ2) is 16.8. The van der Waals surface area contributed by atoms with Gasteiger partial charge in [0.25, 0.3) is 0 Å². The quantitative estimate of drug-likeness (QED) is 0.260. The molecule has 0 amide bonds. The summed E-state index contributed by atoms with van der Waals surface area (Å²) in [5.41, 5.74) is 0. The molecule has 0 spiro atoms. The molecule has 0 atom stereocenters. The van der Waals surface area contributed by atoms with Gasteiger partial charge < -0.3 is 30.3 Å². The Kier molecular flexibility index (Phi) is 37.8. The minimum absolute atomic E-state index is 0. The summed E-state index contributed by atoms with van der Waals surface area (Å²) in [5.74, 6) is 0. The molecule has 0 aromatic carbocycles. The van der Waals surface area contributed by atoms with Crippen molar-refractivity contribution < 1.29 is 20.1 Å². The maximum atomic E-state index is 8.33. The van der Waals surface area contributed by atoms with Crippen LogP contribution in [0.4, 0.5) is 4.79 Å². The van der Waals surface area contributed by atoms with E-state index < -0.39 is 11.2 Å². The standard InChI is InChI=1S/CH2O3.NO3.2Sr/c2*2-1(3)4;;/h(H2,2,3,4);;;/q;-1;2*+2/p-2. The van der Waals surface area contributed by atoms with Crippen LogP contribution in [0.5, 0.6) is 0 Å². The van der Waals surface area contributed by atoms with Crippen molar-refractivity contribution in [3.63, 3.8) is 0 Å². The van der Waals surface area contributed by atoms with Crippen LogP contribution in [0.15, 0.2) is 0 Å². The summed E-state index contributed by atoms with van der Waals surface area (Å²) in [6.45, 7) is 0. The van der Waals surface area contributed by atoms with Crippen LogP contribution in [-0.4, -0.2) is 102 Å². The summed E-state index contributed by atoms with van der Waals surface area (Å²) < 4.78 is 0. The molecule has 0 fully saturated rings. The Morgan fingerprint density at radius 3 is 1.10 bits per heavy atom. The minimum atomic E-state index is -2.33. The molecule has 0 saturated heterocycles. The molecule has 0 heterocycles. The van der Waals surface area contributed by atoms with Crippen LogP contribution >= 0.6 is 0 Å². The van der Waals surface area contributed by atoms with Gasteiger partial charge in [-0.3, -0.25) is 0 Å². The van der Waals surface area contributed by atoms with Gasteiger partial charge in [-0.15, -0.1) is 0 Å². The van der Waals surface area contributed by atoms with Crippen LogP contribution in [-0.2, 0) is 0 Å². The fourth-order valence-corrected chi connectivity index (χ4v) is 0. The molecular formula is CNO6Sr2+. The number of hydrogen-bond donors (Lipinski definition) is 0. The smallest absolute Gasteiger partial charge is 0.652 e. The zero-order valence-corrected chi connectivity index (χ0v) is 11.8. The second-order valence-corrected chi connectivity index (χ2v) is 0.474. The Bertz CT molecular complexity index is 73.7. The van der Waals surface area contributed by atoms with E-state index in [0.717, 1.165) is 0 Å². The first-order valence-corrected chi connectivity index (χ1v) is 1.16. The van der Waals surface area contributed by atoms with Crippen LogP contribution in [0.3, 0.4) is 0 Å². The Labute approximate surface area is 130 Å². The fraction of sp³-hybridized carbons (Fsp3) is 0. The Hall–Kier alpha value is 1.43. The summed E-state index contributed by atoms with van der Waals surface area (Å²) >= 11 is 0. The molecule has 0 aliphatic rings. The van der Waals surface area contributed by atoms with Crippen molar-refractivity contribution in [3.05, 3.63) is 15.3 Å². The average Bonchev–Trinajstić information content (AvgIpc) is 1.25. The monoisotopic (exact) mass is 298 g/mol. The normalized spacial score (nSPS) is 4.80. The van der Waals surface area contributed by atoms with E-state index in [-0.39, 0.29) is 91.0 Å². The summed E-state index contributed by atoms with van der Waals surface area (Å²) in [6.07, 6.45) is -2.33. The maximum Gasteiger partial charge on any atom is 2.00 e. The summed E-state index contributed by atoms with van der Waals surface area (Å²) in [7, 11) is 0. The molecule has 0 N–H and O–H groups in total. The molecular weight excluding hydrogens is 297 g/mol. The van der Waals surface area contributed by atoms with Crippen LogP contribution in [0.25, 0.3) is 0 Å². The first-order valence-electron chi connectivity index (χ1n) is 1.16. The number of carbonyl (C=O) groups is 1. The molecule has 9 heteroatoms. The van der Waals surface area contributed by atoms with E-state index >= 15 is 0 Å². The largest absolute Gasteiger partial charge is 2.00 e. The predicted octanol–water partition coefficient (Wildman–Crippen LogP) is -3.45. The third-order valence-electron chi connectivity index (χ3n) is 0. The molecule has 0 aromatic heterocycles. The van der Waals surface area contributed by atoms with E-state index in [2.05, 4.69) is 0 Å². The zero-order valence-electron chi connectivity index (χ0n) is 4.81. The maximum absolute atomic E-state index is 8.33. The van der Waals surface area contributed by atoms with Gasteiger partial charge in [-0.1, -0.05) is 0 Å². The number of carboxylic acid groups (broad SMARTS) is 2. The van der Waals surface area contributed by atoms with E-state index in [0.29, 0.717) is 0 Å². The molecule has 0 bridgehead atoms. The first-order chi connectivity index (χ1) is 3.46. The third-order valence-corrected chi connectivity index (χ3v) is 0. The molecule has 0 rings (SSSR count). The van der Waals surface area contributed by atoms with Crippen molar-refractivity contribution in [1.29, 1.82) is 0 Å². The number of rotatable bonds is 0. The molecule has 48 valence electrons. The fourth-order valence-electron chi connectivity index (χ4n) is 0. The second-order valence-electron chi connectivity index (χ2n) is 0.474. The van der Waals surface area contributed by atoms with Crippen LogP contribution in [0.1, 0.15) is 0 Å². The number of carbonyl (C=O) groups excluding carboxylic acids is 1. The summed E-state index contributed by atoms with van der Waals surface area (Å²) in [5, 5.41) is 31.4. The average molecular weight is 297 g/mol. The van der Waals surface area contributed by atoms with Crippen molar-refractivity contribution in [3.8, 4) is 0 Å². The van der Waals surface area contributed by atoms with Gasteiger partial charge in [0.2, 0.25) is 0 Å². The molecule has 0 radical (unpaired) electrons. The van der Waals surface area contributed by atoms with Gasteiger partial charge in [-0.25, -0.2) is 0 Å². The molecule has 0 aromatic rings. The Balaban J connectivity index is -0.0000000300. The van der Waals surface area contributed by atoms with Crippen molar-refractivity contribution in [2.24, 2.45) is 0 Å². The van der Waals surface area contributed by atoms with Gasteiger partial charge in [-0.2, -0.15) is 0 Å². The molecule has 10 heavy (non-hydrogen) atoms. The summed E-state index contributed by atoms with van der Waals surface area (Å²) in [4.78, 5) is 16.6. The minimum Gasteiger partial charge on any atom is -0.652 e. The zero-order chi connectivity index (χ0) is 7.15. The first kappa shape index (κ1) is 22.5. The van der Waals surface area contributed by atoms with Gasteiger partial charge in [0.1, 0.15) is 0 Å². The van der Waals surface area contributed by atoms with Crippen LogP contribution in [0, 0.1) is 15.3 Å². The molecule has 0 aliphatic carbocycles. The number of hydrogen-bond acceptors (Lipinski definition) is 6. The van der Waals surface area contributed by atoms with E-state index in [4.69, 9.17) is 30.3 Å².